The first-order valence-electron chi connectivity index (χ1n) is 4.83. The lowest BCUT2D eigenvalue weighted by molar-refractivity contribution is -0.530. The molecule has 2 atom stereocenters. The van der Waals surface area contributed by atoms with E-state index in [1.54, 1.807) is 24.3 Å². The average molecular weight is 297 g/mol. The number of nitro groups is 1. The summed E-state index contributed by atoms with van der Waals surface area (Å²) in [5.41, 5.74) is 0.556. The Bertz CT molecular complexity index is 447. The van der Waals surface area contributed by atoms with E-state index in [1.807, 2.05) is 0 Å². The molecule has 0 radical (unpaired) electrons. The van der Waals surface area contributed by atoms with Crippen LogP contribution in [0.15, 0.2) is 24.3 Å². The molecule has 92 valence electrons. The molecule has 17 heavy (non-hydrogen) atoms. The first-order chi connectivity index (χ1) is 7.91. The molecule has 0 unspecified atom stereocenters. The van der Waals surface area contributed by atoms with E-state index in [4.69, 9.17) is 39.5 Å². The summed E-state index contributed by atoms with van der Waals surface area (Å²) in [7, 11) is 0. The average Bonchev–Trinajstić information content (AvgIpc) is 2.26. The number of alkyl halides is 3. The van der Waals surface area contributed by atoms with Crippen molar-refractivity contribution in [3.63, 3.8) is 0 Å². The van der Waals surface area contributed by atoms with Gasteiger partial charge in [-0.3, -0.25) is 10.1 Å². The number of hydrogen-bond donors (Lipinski definition) is 0. The van der Waals surface area contributed by atoms with E-state index in [0.717, 1.165) is 0 Å². The van der Waals surface area contributed by atoms with Gasteiger partial charge in [0.1, 0.15) is 11.7 Å². The molecule has 0 aliphatic carbocycles. The minimum atomic E-state index is -1.74. The second kappa shape index (κ2) is 4.52. The highest BCUT2D eigenvalue weighted by atomic mass is 35.6. The second-order valence-corrected chi connectivity index (χ2v) is 6.09. The standard InChI is InChI=1S/C10H8Cl3NO3/c11-10(12,13)9-6-3-1-2-4-8(6)17-5-7(9)14(15)16/h1-4,7,9H,5H2/t7-,9-/m0/s1. The topological polar surface area (TPSA) is 52.4 Å². The Kier molecular flexibility index (Phi) is 3.39. The second-order valence-electron chi connectivity index (χ2n) is 3.72. The van der Waals surface area contributed by atoms with Crippen LogP contribution in [0, 0.1) is 10.1 Å². The molecule has 0 saturated heterocycles. The maximum Gasteiger partial charge on any atom is 0.257 e. The number of rotatable bonds is 1. The minimum absolute atomic E-state index is 0.0947. The van der Waals surface area contributed by atoms with Gasteiger partial charge in [0.05, 0.1) is 0 Å². The SMILES string of the molecule is O=[N+]([O-])[C@H]1COc2ccccc2[C@@H]1C(Cl)(Cl)Cl. The molecular formula is C10H8Cl3NO3. The summed E-state index contributed by atoms with van der Waals surface area (Å²) in [6.07, 6.45) is 0. The summed E-state index contributed by atoms with van der Waals surface area (Å²) in [5, 5.41) is 11.0. The molecule has 1 aliphatic rings. The Morgan fingerprint density at radius 2 is 2.00 bits per heavy atom. The fourth-order valence-electron chi connectivity index (χ4n) is 1.92. The van der Waals surface area contributed by atoms with Gasteiger partial charge in [0, 0.05) is 10.5 Å². The molecule has 0 N–H and O–H groups in total. The molecule has 0 fully saturated rings. The highest BCUT2D eigenvalue weighted by Crippen LogP contribution is 2.48. The molecule has 1 heterocycles. The van der Waals surface area contributed by atoms with Gasteiger partial charge < -0.3 is 4.74 Å². The predicted octanol–water partition coefficient (Wildman–Crippen LogP) is 3.18. The van der Waals surface area contributed by atoms with Crippen LogP contribution < -0.4 is 4.74 Å². The zero-order valence-electron chi connectivity index (χ0n) is 8.48. The molecule has 1 aromatic carbocycles. The van der Waals surface area contributed by atoms with Crippen LogP contribution in [0.4, 0.5) is 0 Å². The highest BCUT2D eigenvalue weighted by molar-refractivity contribution is 6.68. The van der Waals surface area contributed by atoms with Crippen molar-refractivity contribution in [1.29, 1.82) is 0 Å². The molecule has 0 aromatic heterocycles. The number of ether oxygens (including phenoxy) is 1. The Morgan fingerprint density at radius 1 is 1.35 bits per heavy atom. The lowest BCUT2D eigenvalue weighted by atomic mass is 9.90. The first-order valence-corrected chi connectivity index (χ1v) is 5.96. The summed E-state index contributed by atoms with van der Waals surface area (Å²) in [6.45, 7) is -0.0947. The minimum Gasteiger partial charge on any atom is -0.486 e. The summed E-state index contributed by atoms with van der Waals surface area (Å²) in [4.78, 5) is 10.5. The zero-order valence-corrected chi connectivity index (χ0v) is 10.7. The van der Waals surface area contributed by atoms with Gasteiger partial charge in [0.15, 0.2) is 6.61 Å². The van der Waals surface area contributed by atoms with Crippen molar-refractivity contribution in [2.24, 2.45) is 0 Å². The Morgan fingerprint density at radius 3 is 2.59 bits per heavy atom. The van der Waals surface area contributed by atoms with Crippen LogP contribution in [-0.4, -0.2) is 21.4 Å². The molecule has 4 nitrogen and oxygen atoms in total. The van der Waals surface area contributed by atoms with Gasteiger partial charge in [-0.1, -0.05) is 53.0 Å². The molecule has 2 rings (SSSR count). The molecule has 1 aromatic rings. The van der Waals surface area contributed by atoms with Crippen molar-refractivity contribution >= 4 is 34.8 Å². The third kappa shape index (κ3) is 2.44. The third-order valence-electron chi connectivity index (χ3n) is 2.67. The number of hydrogen-bond acceptors (Lipinski definition) is 3. The maximum absolute atomic E-state index is 11.0. The number of fused-ring (bicyclic) bond motifs is 1. The van der Waals surface area contributed by atoms with Gasteiger partial charge in [-0.05, 0) is 6.07 Å². The maximum atomic E-state index is 11.0. The van der Waals surface area contributed by atoms with Crippen molar-refractivity contribution in [2.75, 3.05) is 6.61 Å². The van der Waals surface area contributed by atoms with E-state index in [9.17, 15) is 10.1 Å². The summed E-state index contributed by atoms with van der Waals surface area (Å²) in [6, 6.07) is 5.82. The lowest BCUT2D eigenvalue weighted by Gasteiger charge is -2.32. The van der Waals surface area contributed by atoms with E-state index in [2.05, 4.69) is 0 Å². The Hall–Kier alpha value is -0.710. The van der Waals surface area contributed by atoms with Crippen molar-refractivity contribution in [1.82, 2.24) is 0 Å². The molecular weight excluding hydrogens is 288 g/mol. The van der Waals surface area contributed by atoms with Crippen LogP contribution in [0.2, 0.25) is 0 Å². The molecule has 1 aliphatic heterocycles. The van der Waals surface area contributed by atoms with Crippen LogP contribution >= 0.6 is 34.8 Å². The van der Waals surface area contributed by atoms with E-state index < -0.39 is 20.7 Å². The molecule has 0 spiro atoms. The van der Waals surface area contributed by atoms with Gasteiger partial charge in [-0.25, -0.2) is 0 Å². The zero-order chi connectivity index (χ0) is 12.6. The quantitative estimate of drug-likeness (QED) is 0.454. The van der Waals surface area contributed by atoms with Gasteiger partial charge >= 0.3 is 0 Å². The van der Waals surface area contributed by atoms with Crippen LogP contribution in [0.3, 0.4) is 0 Å². The Balaban J connectivity index is 2.50. The third-order valence-corrected chi connectivity index (χ3v) is 3.38. The van der Waals surface area contributed by atoms with E-state index in [0.29, 0.717) is 11.3 Å². The fourth-order valence-corrected chi connectivity index (χ4v) is 2.71. The van der Waals surface area contributed by atoms with Crippen molar-refractivity contribution in [2.45, 2.75) is 15.8 Å². The fraction of sp³-hybridized carbons (Fsp3) is 0.400. The van der Waals surface area contributed by atoms with Crippen molar-refractivity contribution < 1.29 is 9.66 Å². The largest absolute Gasteiger partial charge is 0.486 e. The van der Waals surface area contributed by atoms with E-state index in [-0.39, 0.29) is 6.61 Å². The summed E-state index contributed by atoms with van der Waals surface area (Å²) >= 11 is 17.5. The number of halogens is 3. The van der Waals surface area contributed by atoms with Crippen molar-refractivity contribution in [3.8, 4) is 5.75 Å². The number of benzene rings is 1. The number of para-hydroxylation sites is 1. The smallest absolute Gasteiger partial charge is 0.257 e. The van der Waals surface area contributed by atoms with Gasteiger partial charge in [-0.2, -0.15) is 0 Å². The van der Waals surface area contributed by atoms with E-state index >= 15 is 0 Å². The highest BCUT2D eigenvalue weighted by Gasteiger charge is 2.50. The molecule has 0 saturated carbocycles. The van der Waals surface area contributed by atoms with Crippen LogP contribution in [0.5, 0.6) is 5.75 Å². The normalized spacial score (nSPS) is 23.7. The first kappa shape index (κ1) is 12.7. The van der Waals surface area contributed by atoms with Crippen molar-refractivity contribution in [3.05, 3.63) is 39.9 Å². The summed E-state index contributed by atoms with van der Waals surface area (Å²) < 4.78 is 3.57. The lowest BCUT2D eigenvalue weighted by Crippen LogP contribution is -2.42. The summed E-state index contributed by atoms with van der Waals surface area (Å²) in [5.74, 6) is -0.283. The van der Waals surface area contributed by atoms with Crippen LogP contribution in [0.1, 0.15) is 11.5 Å². The molecule has 7 heteroatoms. The number of nitrogens with zero attached hydrogens (tertiary/aromatic N) is 1. The Labute approximate surface area is 113 Å². The van der Waals surface area contributed by atoms with Crippen LogP contribution in [-0.2, 0) is 0 Å². The van der Waals surface area contributed by atoms with Gasteiger partial charge in [0.25, 0.3) is 6.04 Å². The molecule has 0 bridgehead atoms. The van der Waals surface area contributed by atoms with Crippen LogP contribution in [0.25, 0.3) is 0 Å². The predicted molar refractivity (Wildman–Crippen MR) is 65.8 cm³/mol. The van der Waals surface area contributed by atoms with E-state index in [1.165, 1.54) is 0 Å². The monoisotopic (exact) mass is 295 g/mol. The van der Waals surface area contributed by atoms with Gasteiger partial charge in [0.2, 0.25) is 3.79 Å². The molecule has 0 amide bonds. The van der Waals surface area contributed by atoms with Gasteiger partial charge in [-0.15, -0.1) is 0 Å².